The van der Waals surface area contributed by atoms with Crippen molar-refractivity contribution in [2.75, 3.05) is 6.61 Å². The minimum atomic E-state index is -0.232. The van der Waals surface area contributed by atoms with E-state index in [-0.39, 0.29) is 18.6 Å². The molecule has 4 heteroatoms. The second-order valence-corrected chi connectivity index (χ2v) is 4.29. The van der Waals surface area contributed by atoms with Gasteiger partial charge in [-0.3, -0.25) is 4.79 Å². The number of aliphatic hydroxyl groups is 1. The summed E-state index contributed by atoms with van der Waals surface area (Å²) in [7, 11) is 0. The van der Waals surface area contributed by atoms with Crippen LogP contribution in [0.4, 0.5) is 0 Å². The molecule has 1 aromatic rings. The van der Waals surface area contributed by atoms with Crippen LogP contribution in [0.2, 0.25) is 0 Å². The van der Waals surface area contributed by atoms with Crippen LogP contribution in [0, 0.1) is 6.92 Å². The highest BCUT2D eigenvalue weighted by atomic mass is 79.9. The van der Waals surface area contributed by atoms with Crippen molar-refractivity contribution in [1.82, 2.24) is 5.32 Å². The monoisotopic (exact) mass is 271 g/mol. The summed E-state index contributed by atoms with van der Waals surface area (Å²) >= 11 is 3.37. The van der Waals surface area contributed by atoms with Crippen LogP contribution in [0.15, 0.2) is 22.7 Å². The summed E-state index contributed by atoms with van der Waals surface area (Å²) in [6, 6.07) is 5.27. The molecule has 0 fully saturated rings. The van der Waals surface area contributed by atoms with Gasteiger partial charge in [-0.05, 0) is 41.4 Å². The normalized spacial score (nSPS) is 12.3. The molecular formula is C11H14BrNO2. The van der Waals surface area contributed by atoms with E-state index in [4.69, 9.17) is 5.11 Å². The average Bonchev–Trinajstić information content (AvgIpc) is 2.21. The van der Waals surface area contributed by atoms with Crippen molar-refractivity contribution in [3.63, 3.8) is 0 Å². The lowest BCUT2D eigenvalue weighted by atomic mass is 10.1. The maximum atomic E-state index is 11.7. The summed E-state index contributed by atoms with van der Waals surface area (Å²) in [6.45, 7) is 3.62. The van der Waals surface area contributed by atoms with E-state index in [1.165, 1.54) is 0 Å². The zero-order valence-electron chi connectivity index (χ0n) is 8.75. The topological polar surface area (TPSA) is 49.3 Å². The second kappa shape index (κ2) is 5.28. The van der Waals surface area contributed by atoms with Crippen molar-refractivity contribution in [2.24, 2.45) is 0 Å². The number of carbonyl (C=O) groups is 1. The van der Waals surface area contributed by atoms with E-state index in [0.29, 0.717) is 5.56 Å². The van der Waals surface area contributed by atoms with Crippen LogP contribution >= 0.6 is 15.9 Å². The molecule has 82 valence electrons. The molecule has 0 aliphatic carbocycles. The highest BCUT2D eigenvalue weighted by Gasteiger charge is 2.12. The van der Waals surface area contributed by atoms with E-state index in [9.17, 15) is 4.79 Å². The molecule has 0 heterocycles. The van der Waals surface area contributed by atoms with Gasteiger partial charge in [0.25, 0.3) is 5.91 Å². The Bertz CT molecular complexity index is 366. The van der Waals surface area contributed by atoms with E-state index in [2.05, 4.69) is 21.2 Å². The van der Waals surface area contributed by atoms with Crippen LogP contribution in [0.3, 0.4) is 0 Å². The fourth-order valence-corrected chi connectivity index (χ4v) is 1.61. The van der Waals surface area contributed by atoms with Gasteiger partial charge >= 0.3 is 0 Å². The average molecular weight is 272 g/mol. The number of halogens is 1. The Hall–Kier alpha value is -0.870. The molecule has 3 nitrogen and oxygen atoms in total. The van der Waals surface area contributed by atoms with Crippen molar-refractivity contribution in [3.8, 4) is 0 Å². The third kappa shape index (κ3) is 3.04. The Morgan fingerprint density at radius 3 is 2.87 bits per heavy atom. The minimum absolute atomic E-state index is 0.0603. The van der Waals surface area contributed by atoms with Crippen molar-refractivity contribution < 1.29 is 9.90 Å². The van der Waals surface area contributed by atoms with Crippen LogP contribution < -0.4 is 5.32 Å². The summed E-state index contributed by atoms with van der Waals surface area (Å²) in [6.07, 6.45) is 0. The van der Waals surface area contributed by atoms with Crippen LogP contribution in [0.1, 0.15) is 22.8 Å². The number of rotatable bonds is 3. The van der Waals surface area contributed by atoms with Gasteiger partial charge in [0.15, 0.2) is 0 Å². The summed E-state index contributed by atoms with van der Waals surface area (Å²) in [5, 5.41) is 11.5. The van der Waals surface area contributed by atoms with E-state index in [1.54, 1.807) is 13.0 Å². The molecule has 0 spiro atoms. The van der Waals surface area contributed by atoms with Gasteiger partial charge in [-0.1, -0.05) is 12.1 Å². The molecule has 0 saturated heterocycles. The first-order valence-corrected chi connectivity index (χ1v) is 5.52. The van der Waals surface area contributed by atoms with Crippen LogP contribution in [0.25, 0.3) is 0 Å². The maximum Gasteiger partial charge on any atom is 0.252 e. The summed E-state index contributed by atoms with van der Waals surface area (Å²) in [4.78, 5) is 11.7. The molecule has 0 saturated carbocycles. The number of amides is 1. The van der Waals surface area contributed by atoms with Crippen molar-refractivity contribution in [1.29, 1.82) is 0 Å². The number of benzene rings is 1. The van der Waals surface area contributed by atoms with Gasteiger partial charge in [-0.25, -0.2) is 0 Å². The molecule has 0 aliphatic rings. The Kier molecular flexibility index (Phi) is 4.29. The maximum absolute atomic E-state index is 11.7. The second-order valence-electron chi connectivity index (χ2n) is 3.49. The van der Waals surface area contributed by atoms with E-state index in [1.807, 2.05) is 19.1 Å². The van der Waals surface area contributed by atoms with Gasteiger partial charge in [0.05, 0.1) is 12.2 Å². The molecule has 0 aliphatic heterocycles. The molecule has 1 unspecified atom stereocenters. The number of carbonyl (C=O) groups excluding carboxylic acids is 1. The Labute approximate surface area is 97.6 Å². The van der Waals surface area contributed by atoms with Gasteiger partial charge in [-0.15, -0.1) is 0 Å². The lowest BCUT2D eigenvalue weighted by Gasteiger charge is -2.12. The van der Waals surface area contributed by atoms with Gasteiger partial charge in [0.1, 0.15) is 0 Å². The minimum Gasteiger partial charge on any atom is -0.394 e. The number of aryl methyl sites for hydroxylation is 1. The predicted octanol–water partition coefficient (Wildman–Crippen LogP) is 1.87. The van der Waals surface area contributed by atoms with Crippen molar-refractivity contribution in [2.45, 2.75) is 19.9 Å². The third-order valence-electron chi connectivity index (χ3n) is 2.09. The SMILES string of the molecule is Cc1cccc(C(=O)NC(C)CO)c1Br. The van der Waals surface area contributed by atoms with Crippen molar-refractivity contribution in [3.05, 3.63) is 33.8 Å². The van der Waals surface area contributed by atoms with Gasteiger partial charge in [0, 0.05) is 10.5 Å². The predicted molar refractivity (Wildman–Crippen MR) is 62.9 cm³/mol. The van der Waals surface area contributed by atoms with Gasteiger partial charge in [0.2, 0.25) is 0 Å². The fraction of sp³-hybridized carbons (Fsp3) is 0.364. The van der Waals surface area contributed by atoms with Gasteiger partial charge < -0.3 is 10.4 Å². The fourth-order valence-electron chi connectivity index (χ4n) is 1.17. The molecule has 0 radical (unpaired) electrons. The standard InChI is InChI=1S/C11H14BrNO2/c1-7-4-3-5-9(10(7)12)11(15)13-8(2)6-14/h3-5,8,14H,6H2,1-2H3,(H,13,15). The largest absolute Gasteiger partial charge is 0.394 e. The smallest absolute Gasteiger partial charge is 0.252 e. The van der Waals surface area contributed by atoms with Crippen LogP contribution in [-0.4, -0.2) is 23.7 Å². The molecule has 2 N–H and O–H groups in total. The summed E-state index contributed by atoms with van der Waals surface area (Å²) in [5.41, 5.74) is 1.61. The summed E-state index contributed by atoms with van der Waals surface area (Å²) in [5.74, 6) is -0.174. The molecule has 1 rings (SSSR count). The summed E-state index contributed by atoms with van der Waals surface area (Å²) < 4.78 is 0.799. The quantitative estimate of drug-likeness (QED) is 0.882. The molecule has 1 amide bonds. The zero-order valence-corrected chi connectivity index (χ0v) is 10.3. The molecule has 15 heavy (non-hydrogen) atoms. The van der Waals surface area contributed by atoms with Crippen LogP contribution in [-0.2, 0) is 0 Å². The molecule has 1 aromatic carbocycles. The van der Waals surface area contributed by atoms with Crippen molar-refractivity contribution >= 4 is 21.8 Å². The molecule has 0 bridgehead atoms. The van der Waals surface area contributed by atoms with E-state index < -0.39 is 0 Å². The highest BCUT2D eigenvalue weighted by molar-refractivity contribution is 9.10. The van der Waals surface area contributed by atoms with Crippen LogP contribution in [0.5, 0.6) is 0 Å². The lowest BCUT2D eigenvalue weighted by Crippen LogP contribution is -2.35. The first-order chi connectivity index (χ1) is 7.06. The zero-order chi connectivity index (χ0) is 11.4. The highest BCUT2D eigenvalue weighted by Crippen LogP contribution is 2.20. The van der Waals surface area contributed by atoms with E-state index in [0.717, 1.165) is 10.0 Å². The number of hydrogen-bond acceptors (Lipinski definition) is 2. The van der Waals surface area contributed by atoms with Gasteiger partial charge in [-0.2, -0.15) is 0 Å². The molecule has 1 atom stereocenters. The Balaban J connectivity index is 2.87. The molecular weight excluding hydrogens is 258 g/mol. The first kappa shape index (κ1) is 12.2. The third-order valence-corrected chi connectivity index (χ3v) is 3.14. The Morgan fingerprint density at radius 2 is 2.27 bits per heavy atom. The Morgan fingerprint density at radius 1 is 1.60 bits per heavy atom. The molecule has 0 aromatic heterocycles. The first-order valence-electron chi connectivity index (χ1n) is 4.73. The number of aliphatic hydroxyl groups excluding tert-OH is 1. The lowest BCUT2D eigenvalue weighted by molar-refractivity contribution is 0.0921. The number of nitrogens with one attached hydrogen (secondary N) is 1. The van der Waals surface area contributed by atoms with E-state index >= 15 is 0 Å². The number of hydrogen-bond donors (Lipinski definition) is 2.